The van der Waals surface area contributed by atoms with Gasteiger partial charge in [0.1, 0.15) is 61.0 Å². The van der Waals surface area contributed by atoms with Gasteiger partial charge in [-0.15, -0.1) is 0 Å². The van der Waals surface area contributed by atoms with Crippen molar-refractivity contribution in [3.8, 4) is 5.75 Å². The van der Waals surface area contributed by atoms with Crippen LogP contribution in [-0.2, 0) is 71.3 Å². The summed E-state index contributed by atoms with van der Waals surface area (Å²) >= 11 is 0. The molecule has 794 valence electrons. The number of carbonyl (C=O) groups is 8. The molecule has 4 heterocycles. The summed E-state index contributed by atoms with van der Waals surface area (Å²) in [4.78, 5) is 121. The summed E-state index contributed by atoms with van der Waals surface area (Å²) in [5.74, 6) is -6.40. The molecule has 26 atom stereocenters. The highest BCUT2D eigenvalue weighted by atomic mass is 16.8. The number of nitro benzene ring substituents is 1. The highest BCUT2D eigenvalue weighted by molar-refractivity contribution is 5.96. The number of aliphatic hydroxyl groups is 5. The zero-order valence-corrected chi connectivity index (χ0v) is 87.6. The van der Waals surface area contributed by atoms with Crippen LogP contribution in [0.1, 0.15) is 302 Å². The van der Waals surface area contributed by atoms with Crippen molar-refractivity contribution in [2.45, 2.75) is 355 Å². The van der Waals surface area contributed by atoms with Gasteiger partial charge in [0.2, 0.25) is 6.10 Å². The van der Waals surface area contributed by atoms with Crippen LogP contribution in [0.25, 0.3) is 0 Å². The average Bonchev–Trinajstić information content (AvgIpc) is 0.819. The summed E-state index contributed by atoms with van der Waals surface area (Å²) in [6.45, 7) is 32.5. The molecule has 7 N–H and O–H groups in total. The monoisotopic (exact) mass is 2010 g/mol. The first-order valence-electron chi connectivity index (χ1n) is 52.9. The number of hydrogen-bond donors (Lipinski definition) is 7. The van der Waals surface area contributed by atoms with E-state index < -0.39 is 181 Å². The van der Waals surface area contributed by atoms with Crippen molar-refractivity contribution in [1.29, 1.82) is 0 Å². The molecule has 5 aromatic carbocycles. The molecule has 15 rings (SSSR count). The quantitative estimate of drug-likeness (QED) is 0.00367. The molecule has 0 spiro atoms. The number of hydrogen-bond acceptors (Lipinski definition) is 27. The number of nitrogens with one attached hydrogen (secondary N) is 2. The topological polar surface area (TPSA) is 416 Å². The fourth-order valence-electron chi connectivity index (χ4n) is 26.4. The smallest absolute Gasteiger partial charge is 0.456 e. The Hall–Kier alpha value is -9.70. The van der Waals surface area contributed by atoms with Crippen molar-refractivity contribution < 1.29 is 126 Å². The van der Waals surface area contributed by atoms with E-state index in [2.05, 4.69) is 38.3 Å². The Labute approximate surface area is 854 Å². The molecule has 4 saturated heterocycles. The zero-order valence-electron chi connectivity index (χ0n) is 87.6. The molecule has 6 aliphatic carbocycles. The van der Waals surface area contributed by atoms with E-state index in [9.17, 15) is 64.4 Å². The van der Waals surface area contributed by atoms with E-state index in [1.54, 1.807) is 121 Å². The standard InChI is InChI=1S/C59H85NO12.C39H49NO8.C17H23NO7/c1-9-10-11-12-13-14-15-16-17-18-19-20-27-32-47-67-35-43(70-47)36-68-55(65)72-50(49(41-28-23-21-24-29-41)60-53(63)42-30-25-22-26-31-42)54(64)71-44-34-59(66)40(4)51-57(7)37-69-46(57)33-45(61)58(51,8)52(62)39(3)48(38(44)2)56(59,5)6;1-21-26(48-35(45)31(42)30(24-14-10-8-11-15-24)40-34(44)25-16-12-9-13-17-25)19-39(46)23(3)32-37(6)20-47-28(37)18-27(41)38(32,7)33(43)22(2)29(21)36(39,4)5;1-2-3-4-5-6-16-22-11-15(24-16)12-23-17(19)25-14-9-7-13(8-10-14)18(20)21/h21-26,28-31,39-40,43-47,49-51,61,66H,9-20,27,32-37H2,1-8H3,(H,60,63);8-17,22-23,26-28,30-32,41-42,46H,18-20H2,1-7H3,(H,40,44);7-10,15-16H,2-6,11-12H2,1H3/t39-,40+,43?,44+,45+,46-,47?,49+,50-,51-,57-,58-,59-;22-,23+,26+,27+,28-,30+,31-,32-,37-,38-,39-;/m11./s1. The minimum atomic E-state index is -1.77. The molecule has 8 fully saturated rings. The number of aliphatic hydroxyl groups excluding tert-OH is 3. The average molecular weight is 2010 g/mol. The molecule has 4 unspecified atom stereocenters. The third-order valence-corrected chi connectivity index (χ3v) is 34.5. The van der Waals surface area contributed by atoms with Gasteiger partial charge in [-0.3, -0.25) is 29.3 Å². The highest BCUT2D eigenvalue weighted by Gasteiger charge is 2.75. The molecule has 4 aliphatic heterocycles. The molecule has 4 saturated carbocycles. The summed E-state index contributed by atoms with van der Waals surface area (Å²) in [7, 11) is 0. The number of rotatable bonds is 38. The number of fused-ring (bicyclic) bond motifs is 10. The van der Waals surface area contributed by atoms with Crippen molar-refractivity contribution in [2.24, 2.45) is 68.0 Å². The Kier molecular flexibility index (Phi) is 37.5. The molecular formula is C115H157N3O27. The SMILES string of the molecule is CC1=C2[C@@H](C)C(=O)[C@@]3(C)[C@H]([C@H](C)[C@](O)(C[C@@H]1OC(=O)[C@H](O)[C@@H](NC(=O)c1ccccc1)c1ccccc1)C2(C)C)[C@]1(C)CO[C@@H]1C[C@@H]3O.CCCCCCC1OCC(COC(=O)Oc2ccc([N+](=O)[O-])cc2)O1.CCCCCCCCCCCCCCCC1OCC(COC(=O)O[C@@H](C(=O)O[C@H]2C[C@@]3(O)[C@@H](C)[C@@H]4[C@]5(C)CO[C@@H]5C[C@H](O)[C@@]4(C)C(=O)[C@H](C)C(=C2C)C3(C)C)[C@@H](NC(=O)c2ccccc2)c2ccccc2)O1. The minimum Gasteiger partial charge on any atom is -0.456 e. The first-order valence-corrected chi connectivity index (χ1v) is 52.9. The second-order valence-electron chi connectivity index (χ2n) is 44.3. The van der Waals surface area contributed by atoms with Gasteiger partial charge in [-0.05, 0) is 147 Å². The molecule has 30 nitrogen and oxygen atoms in total. The minimum absolute atomic E-state index is 0.0343. The summed E-state index contributed by atoms with van der Waals surface area (Å²) in [5.41, 5.74) is -3.99. The number of ether oxygens (including phenoxy) is 12. The Morgan fingerprint density at radius 3 is 1.24 bits per heavy atom. The summed E-state index contributed by atoms with van der Waals surface area (Å²) in [6.07, 6.45) is 11.7. The fraction of sp³-hybridized carbons (Fsp3) is 0.635. The Morgan fingerprint density at radius 2 is 0.848 bits per heavy atom. The van der Waals surface area contributed by atoms with Gasteiger partial charge in [-0.25, -0.2) is 19.2 Å². The molecule has 145 heavy (non-hydrogen) atoms. The molecular weight excluding hydrogens is 1860 g/mol. The number of carbonyl (C=O) groups excluding carboxylic acids is 8. The largest absolute Gasteiger partial charge is 0.513 e. The Balaban J connectivity index is 0.000000205. The third-order valence-electron chi connectivity index (χ3n) is 34.5. The van der Waals surface area contributed by atoms with Crippen molar-refractivity contribution >= 4 is 53.3 Å². The molecule has 2 amide bonds. The number of nitro groups is 1. The predicted molar refractivity (Wildman–Crippen MR) is 540 cm³/mol. The van der Waals surface area contributed by atoms with Crippen LogP contribution in [0, 0.1) is 78.1 Å². The van der Waals surface area contributed by atoms with Gasteiger partial charge in [0, 0.05) is 82.4 Å². The normalized spacial score (nSPS) is 32.2. The number of Topliss-reactive ketones (excluding diaryl/α,β-unsaturated/α-hetero) is 2. The molecule has 0 aromatic heterocycles. The van der Waals surface area contributed by atoms with E-state index in [1.165, 1.54) is 108 Å². The second kappa shape index (κ2) is 48.3. The first-order chi connectivity index (χ1) is 69.0. The van der Waals surface area contributed by atoms with E-state index in [0.717, 1.165) is 38.5 Å². The number of amides is 2. The van der Waals surface area contributed by atoms with Crippen molar-refractivity contribution in [3.05, 3.63) is 200 Å². The van der Waals surface area contributed by atoms with Crippen molar-refractivity contribution in [3.63, 3.8) is 0 Å². The maximum atomic E-state index is 15.1. The number of ketones is 2. The molecule has 10 aliphatic rings. The lowest BCUT2D eigenvalue weighted by molar-refractivity contribution is -0.384. The van der Waals surface area contributed by atoms with Crippen molar-refractivity contribution in [2.75, 3.05) is 39.6 Å². The van der Waals surface area contributed by atoms with Gasteiger partial charge in [0.25, 0.3) is 17.5 Å². The van der Waals surface area contributed by atoms with Crippen LogP contribution in [0.5, 0.6) is 5.75 Å². The molecule has 4 bridgehead atoms. The van der Waals surface area contributed by atoms with Crippen LogP contribution in [0.15, 0.2) is 168 Å². The lowest BCUT2D eigenvalue weighted by atomic mass is 9.40. The van der Waals surface area contributed by atoms with E-state index in [4.69, 9.17) is 56.8 Å². The van der Waals surface area contributed by atoms with Crippen LogP contribution >= 0.6 is 0 Å². The summed E-state index contributed by atoms with van der Waals surface area (Å²) in [5, 5.41) is 77.5. The number of benzene rings is 5. The number of non-ortho nitro benzene ring substituents is 1. The highest BCUT2D eigenvalue weighted by Crippen LogP contribution is 2.70. The van der Waals surface area contributed by atoms with Gasteiger partial charge >= 0.3 is 24.2 Å². The second-order valence-corrected chi connectivity index (χ2v) is 44.3. The van der Waals surface area contributed by atoms with Gasteiger partial charge in [-0.2, -0.15) is 0 Å². The van der Waals surface area contributed by atoms with E-state index in [1.807, 2.05) is 83.1 Å². The fourth-order valence-corrected chi connectivity index (χ4v) is 26.4. The maximum Gasteiger partial charge on any atom is 0.513 e. The Bertz CT molecular complexity index is 5310. The van der Waals surface area contributed by atoms with Crippen molar-refractivity contribution in [1.82, 2.24) is 10.6 Å². The molecule has 5 aromatic rings. The lowest BCUT2D eigenvalue weighted by Crippen LogP contribution is -2.74. The van der Waals surface area contributed by atoms with Gasteiger partial charge in [0.05, 0.1) is 83.8 Å². The Morgan fingerprint density at radius 1 is 0.483 bits per heavy atom. The van der Waals surface area contributed by atoms with E-state index in [-0.39, 0.29) is 80.3 Å². The first kappa shape index (κ1) is 112. The van der Waals surface area contributed by atoms with Crippen LogP contribution in [0.3, 0.4) is 0 Å². The third kappa shape index (κ3) is 23.9. The molecule has 0 radical (unpaired) electrons. The predicted octanol–water partition coefficient (Wildman–Crippen LogP) is 19.3. The maximum absolute atomic E-state index is 15.1. The number of unbranched alkanes of at least 4 members (excludes halogenated alkanes) is 15. The number of nitrogens with zero attached hydrogens (tertiary/aromatic N) is 1. The molecule has 30 heteroatoms. The number of esters is 2. The van der Waals surface area contributed by atoms with Crippen LogP contribution in [-0.4, -0.2) is 203 Å². The van der Waals surface area contributed by atoms with Crippen LogP contribution in [0.2, 0.25) is 0 Å². The van der Waals surface area contributed by atoms with E-state index in [0.29, 0.717) is 77.2 Å². The van der Waals surface area contributed by atoms with Crippen LogP contribution < -0.4 is 15.4 Å². The van der Waals surface area contributed by atoms with E-state index >= 15 is 9.59 Å². The van der Waals surface area contributed by atoms with Crippen LogP contribution in [0.4, 0.5) is 15.3 Å². The summed E-state index contributed by atoms with van der Waals surface area (Å²) < 4.78 is 69.2. The zero-order chi connectivity index (χ0) is 105. The summed E-state index contributed by atoms with van der Waals surface area (Å²) in [6, 6.07) is 37.3. The van der Waals surface area contributed by atoms with Gasteiger partial charge in [0.15, 0.2) is 18.7 Å². The van der Waals surface area contributed by atoms with Gasteiger partial charge < -0.3 is 93.0 Å². The van der Waals surface area contributed by atoms with Gasteiger partial charge in [-0.1, -0.05) is 276 Å². The lowest BCUT2D eigenvalue weighted by Gasteiger charge is -2.68.